The summed E-state index contributed by atoms with van der Waals surface area (Å²) < 4.78 is 6.17. The number of rotatable bonds is 3. The third-order valence-corrected chi connectivity index (χ3v) is 4.51. The highest BCUT2D eigenvalue weighted by Crippen LogP contribution is 2.36. The zero-order valence-electron chi connectivity index (χ0n) is 13.5. The number of hydrazine groups is 1. The molecule has 1 aliphatic heterocycles. The number of pyridine rings is 1. The fourth-order valence-corrected chi connectivity index (χ4v) is 3.21. The number of nitrogens with zero attached hydrogens (tertiary/aromatic N) is 3. The van der Waals surface area contributed by atoms with Gasteiger partial charge in [-0.2, -0.15) is 0 Å². The molecule has 0 radical (unpaired) electrons. The molecule has 0 fully saturated rings. The molecule has 3 aromatic heterocycles. The van der Waals surface area contributed by atoms with E-state index in [-0.39, 0.29) is 0 Å². The van der Waals surface area contributed by atoms with Gasteiger partial charge in [-0.05, 0) is 24.3 Å². The lowest BCUT2D eigenvalue weighted by Gasteiger charge is -2.03. The molecule has 0 bridgehead atoms. The third kappa shape index (κ3) is 2.37. The summed E-state index contributed by atoms with van der Waals surface area (Å²) >= 11 is 6.39. The monoisotopic (exact) mass is 364 g/mol. The van der Waals surface area contributed by atoms with E-state index in [1.807, 2.05) is 42.6 Å². The van der Waals surface area contributed by atoms with Crippen LogP contribution in [-0.2, 0) is 0 Å². The number of hydrogen-bond donors (Lipinski definition) is 3. The van der Waals surface area contributed by atoms with Crippen molar-refractivity contribution in [1.29, 1.82) is 0 Å². The summed E-state index contributed by atoms with van der Waals surface area (Å²) in [4.78, 5) is 16.5. The zero-order valence-corrected chi connectivity index (χ0v) is 14.2. The van der Waals surface area contributed by atoms with Gasteiger partial charge >= 0.3 is 0 Å². The summed E-state index contributed by atoms with van der Waals surface area (Å²) in [6.45, 7) is 0.469. The smallest absolute Gasteiger partial charge is 0.228 e. The van der Waals surface area contributed by atoms with Crippen molar-refractivity contribution in [3.63, 3.8) is 0 Å². The van der Waals surface area contributed by atoms with E-state index in [0.29, 0.717) is 34.9 Å². The van der Waals surface area contributed by atoms with E-state index in [1.54, 1.807) is 6.20 Å². The lowest BCUT2D eigenvalue weighted by atomic mass is 10.1. The zero-order chi connectivity index (χ0) is 17.5. The Bertz CT molecular complexity index is 1150. The van der Waals surface area contributed by atoms with Crippen LogP contribution in [0.5, 0.6) is 0 Å². The van der Waals surface area contributed by atoms with Gasteiger partial charge in [0.05, 0.1) is 5.02 Å². The molecule has 0 saturated carbocycles. The van der Waals surface area contributed by atoms with Crippen molar-refractivity contribution in [2.75, 3.05) is 6.67 Å². The number of aromatic amines is 1. The lowest BCUT2D eigenvalue weighted by molar-refractivity contribution is 0.589. The third-order valence-electron chi connectivity index (χ3n) is 4.18. The highest BCUT2D eigenvalue weighted by Gasteiger charge is 2.24. The Labute approximate surface area is 153 Å². The summed E-state index contributed by atoms with van der Waals surface area (Å²) in [5, 5.41) is 1.52. The van der Waals surface area contributed by atoms with Gasteiger partial charge in [-0.3, -0.25) is 0 Å². The Kier molecular flexibility index (Phi) is 3.48. The van der Waals surface area contributed by atoms with Crippen molar-refractivity contribution in [3.8, 4) is 22.8 Å². The van der Waals surface area contributed by atoms with Gasteiger partial charge in [0.2, 0.25) is 5.89 Å². The standard InChI is InChI=1S/C18H13ClN6O/c19-13-4-2-1-3-12(13)15-14(17-22-9-23-25-17)24-18(26-15)11-6-8-21-16-10(11)5-7-20-16/h1-8,23H,9H2,(H,20,21)(H,22,25). The number of benzene rings is 1. The second-order valence-corrected chi connectivity index (χ2v) is 6.15. The van der Waals surface area contributed by atoms with E-state index >= 15 is 0 Å². The normalized spacial score (nSPS) is 13.8. The van der Waals surface area contributed by atoms with Crippen molar-refractivity contribution in [3.05, 3.63) is 59.5 Å². The number of aromatic nitrogens is 3. The number of halogens is 1. The van der Waals surface area contributed by atoms with E-state index in [0.717, 1.165) is 22.2 Å². The van der Waals surface area contributed by atoms with E-state index in [9.17, 15) is 0 Å². The van der Waals surface area contributed by atoms with Crippen LogP contribution in [-0.4, -0.2) is 27.5 Å². The fraction of sp³-hybridized carbons (Fsp3) is 0.0556. The summed E-state index contributed by atoms with van der Waals surface area (Å²) in [5.41, 5.74) is 8.97. The van der Waals surface area contributed by atoms with Crippen LogP contribution in [0.4, 0.5) is 0 Å². The summed E-state index contributed by atoms with van der Waals surface area (Å²) in [5.74, 6) is 1.67. The van der Waals surface area contributed by atoms with Crippen LogP contribution < -0.4 is 10.9 Å². The Hall–Kier alpha value is -3.16. The van der Waals surface area contributed by atoms with Gasteiger partial charge in [-0.25, -0.2) is 20.4 Å². The van der Waals surface area contributed by atoms with Crippen LogP contribution in [0.3, 0.4) is 0 Å². The van der Waals surface area contributed by atoms with Crippen LogP contribution in [0.15, 0.2) is 58.2 Å². The molecular formula is C18H13ClN6O. The van der Waals surface area contributed by atoms with Crippen LogP contribution in [0.25, 0.3) is 33.8 Å². The summed E-state index contributed by atoms with van der Waals surface area (Å²) in [6.07, 6.45) is 3.56. The molecule has 3 N–H and O–H groups in total. The molecular weight excluding hydrogens is 352 g/mol. The predicted octanol–water partition coefficient (Wildman–Crippen LogP) is 3.35. The molecule has 5 rings (SSSR count). The van der Waals surface area contributed by atoms with E-state index in [1.165, 1.54) is 0 Å². The largest absolute Gasteiger partial charge is 0.435 e. The molecule has 4 aromatic rings. The summed E-state index contributed by atoms with van der Waals surface area (Å²) in [6, 6.07) is 11.3. The van der Waals surface area contributed by atoms with Crippen LogP contribution in [0, 0.1) is 0 Å². The van der Waals surface area contributed by atoms with Gasteiger partial charge in [0.25, 0.3) is 0 Å². The van der Waals surface area contributed by atoms with Crippen LogP contribution in [0.1, 0.15) is 5.69 Å². The van der Waals surface area contributed by atoms with E-state index in [4.69, 9.17) is 21.0 Å². The number of amidine groups is 1. The van der Waals surface area contributed by atoms with Crippen LogP contribution >= 0.6 is 11.6 Å². The molecule has 0 spiro atoms. The number of H-pyrrole nitrogens is 1. The molecule has 128 valence electrons. The molecule has 0 atom stereocenters. The lowest BCUT2D eigenvalue weighted by Crippen LogP contribution is -2.30. The van der Waals surface area contributed by atoms with Gasteiger partial charge in [-0.15, -0.1) is 0 Å². The molecule has 26 heavy (non-hydrogen) atoms. The molecule has 1 aliphatic rings. The molecule has 0 saturated heterocycles. The maximum atomic E-state index is 6.39. The maximum Gasteiger partial charge on any atom is 0.228 e. The highest BCUT2D eigenvalue weighted by atomic mass is 35.5. The van der Waals surface area contributed by atoms with Gasteiger partial charge in [0.15, 0.2) is 17.3 Å². The first-order chi connectivity index (χ1) is 12.8. The van der Waals surface area contributed by atoms with Crippen molar-refractivity contribution >= 4 is 28.5 Å². The van der Waals surface area contributed by atoms with E-state index in [2.05, 4.69) is 25.8 Å². The number of hydrogen-bond acceptors (Lipinski definition) is 6. The quantitative estimate of drug-likeness (QED) is 0.518. The Balaban J connectivity index is 1.75. The summed E-state index contributed by atoms with van der Waals surface area (Å²) in [7, 11) is 0. The molecule has 0 amide bonds. The second-order valence-electron chi connectivity index (χ2n) is 5.74. The van der Waals surface area contributed by atoms with Gasteiger partial charge in [0, 0.05) is 28.9 Å². The first kappa shape index (κ1) is 15.1. The average Bonchev–Trinajstić information content (AvgIpc) is 3.40. The molecule has 4 heterocycles. The molecule has 1 aromatic carbocycles. The second kappa shape index (κ2) is 5.98. The van der Waals surface area contributed by atoms with Crippen molar-refractivity contribution in [2.45, 2.75) is 0 Å². The Morgan fingerprint density at radius 3 is 2.85 bits per heavy atom. The molecule has 0 unspecified atom stereocenters. The number of oxazole rings is 1. The highest BCUT2D eigenvalue weighted by molar-refractivity contribution is 6.33. The van der Waals surface area contributed by atoms with E-state index < -0.39 is 0 Å². The predicted molar refractivity (Wildman–Crippen MR) is 99.7 cm³/mol. The maximum absolute atomic E-state index is 6.39. The van der Waals surface area contributed by atoms with Crippen LogP contribution in [0.2, 0.25) is 5.02 Å². The first-order valence-electron chi connectivity index (χ1n) is 8.03. The van der Waals surface area contributed by atoms with Crippen molar-refractivity contribution < 1.29 is 4.42 Å². The van der Waals surface area contributed by atoms with Gasteiger partial charge in [0.1, 0.15) is 12.3 Å². The minimum atomic E-state index is 0.469. The Morgan fingerprint density at radius 2 is 2.00 bits per heavy atom. The van der Waals surface area contributed by atoms with Gasteiger partial charge in [-0.1, -0.05) is 23.7 Å². The fourth-order valence-electron chi connectivity index (χ4n) is 2.99. The first-order valence-corrected chi connectivity index (χ1v) is 8.41. The molecule has 8 heteroatoms. The molecule has 0 aliphatic carbocycles. The average molecular weight is 365 g/mol. The number of nitrogens with one attached hydrogen (secondary N) is 3. The topological polar surface area (TPSA) is 91.1 Å². The Morgan fingerprint density at radius 1 is 1.08 bits per heavy atom. The number of fused-ring (bicyclic) bond motifs is 1. The van der Waals surface area contributed by atoms with Gasteiger partial charge < -0.3 is 14.8 Å². The minimum absolute atomic E-state index is 0.469. The SMILES string of the molecule is Clc1ccccc1-c1oc(-c2ccnc3[nH]ccc23)nc1C1=NCNN1. The number of aliphatic imine (C=N–C) groups is 1. The molecule has 7 nitrogen and oxygen atoms in total. The minimum Gasteiger partial charge on any atom is -0.435 e. The van der Waals surface area contributed by atoms with Crippen molar-refractivity contribution in [1.82, 2.24) is 25.8 Å². The van der Waals surface area contributed by atoms with Crippen molar-refractivity contribution in [2.24, 2.45) is 4.99 Å².